The van der Waals surface area contributed by atoms with Crippen molar-refractivity contribution >= 4 is 29.2 Å². The zero-order valence-corrected chi connectivity index (χ0v) is 15.5. The summed E-state index contributed by atoms with van der Waals surface area (Å²) < 4.78 is 26.9. The fourth-order valence-corrected chi connectivity index (χ4v) is 3.54. The molecule has 0 radical (unpaired) electrons. The Hall–Kier alpha value is -3.29. The Labute approximate surface area is 165 Å². The van der Waals surface area contributed by atoms with Crippen LogP contribution >= 0.6 is 0 Å². The van der Waals surface area contributed by atoms with E-state index in [0.29, 0.717) is 18.9 Å². The summed E-state index contributed by atoms with van der Waals surface area (Å²) >= 11 is 0. The van der Waals surface area contributed by atoms with Gasteiger partial charge in [0.1, 0.15) is 11.6 Å². The van der Waals surface area contributed by atoms with Crippen LogP contribution in [0.5, 0.6) is 0 Å². The molecule has 8 heteroatoms. The molecular formula is C21H20F2N2O4. The van der Waals surface area contributed by atoms with Crippen molar-refractivity contribution in [1.29, 1.82) is 0 Å². The summed E-state index contributed by atoms with van der Waals surface area (Å²) in [6.07, 6.45) is 2.40. The highest BCUT2D eigenvalue weighted by molar-refractivity contribution is 6.10. The summed E-state index contributed by atoms with van der Waals surface area (Å²) in [6, 6.07) is 8.91. The minimum absolute atomic E-state index is 0.0762. The molecule has 2 aromatic carbocycles. The second kappa shape index (κ2) is 8.81. The molecule has 0 aromatic heterocycles. The molecule has 152 valence electrons. The second-order valence-corrected chi connectivity index (χ2v) is 6.95. The Morgan fingerprint density at radius 3 is 2.28 bits per heavy atom. The van der Waals surface area contributed by atoms with Crippen LogP contribution in [0, 0.1) is 23.5 Å². The summed E-state index contributed by atoms with van der Waals surface area (Å²) in [5, 5.41) is 14.4. The lowest BCUT2D eigenvalue weighted by atomic mass is 9.78. The third-order valence-electron chi connectivity index (χ3n) is 5.03. The molecule has 2 amide bonds. The van der Waals surface area contributed by atoms with Gasteiger partial charge in [0, 0.05) is 6.07 Å². The van der Waals surface area contributed by atoms with Gasteiger partial charge in [0.25, 0.3) is 5.91 Å². The number of carboxylic acid groups (broad SMARTS) is 1. The molecular weight excluding hydrogens is 382 g/mol. The minimum Gasteiger partial charge on any atom is -0.481 e. The third-order valence-corrected chi connectivity index (χ3v) is 5.03. The molecule has 1 fully saturated rings. The van der Waals surface area contributed by atoms with E-state index in [1.807, 2.05) is 0 Å². The molecule has 1 aliphatic rings. The van der Waals surface area contributed by atoms with E-state index >= 15 is 0 Å². The van der Waals surface area contributed by atoms with Crippen LogP contribution < -0.4 is 10.6 Å². The Bertz CT molecular complexity index is 948. The maximum atomic E-state index is 13.8. The lowest BCUT2D eigenvalue weighted by Gasteiger charge is -2.27. The Balaban J connectivity index is 1.78. The fraction of sp³-hybridized carbons (Fsp3) is 0.286. The zero-order valence-electron chi connectivity index (χ0n) is 15.5. The molecule has 2 unspecified atom stereocenters. The van der Waals surface area contributed by atoms with E-state index in [4.69, 9.17) is 0 Å². The predicted octanol–water partition coefficient (Wildman–Crippen LogP) is 4.05. The number of para-hydroxylation sites is 1. The topological polar surface area (TPSA) is 95.5 Å². The maximum Gasteiger partial charge on any atom is 0.307 e. The molecule has 0 saturated heterocycles. The Kier molecular flexibility index (Phi) is 6.21. The lowest BCUT2D eigenvalue weighted by molar-refractivity contribution is -0.147. The van der Waals surface area contributed by atoms with Crippen molar-refractivity contribution in [3.05, 3.63) is 59.7 Å². The van der Waals surface area contributed by atoms with E-state index in [2.05, 4.69) is 10.6 Å². The summed E-state index contributed by atoms with van der Waals surface area (Å²) in [5.74, 6) is -5.32. The number of aliphatic carboxylic acids is 1. The van der Waals surface area contributed by atoms with Gasteiger partial charge in [-0.25, -0.2) is 8.78 Å². The van der Waals surface area contributed by atoms with Gasteiger partial charge in [-0.05, 0) is 37.1 Å². The molecule has 0 spiro atoms. The van der Waals surface area contributed by atoms with Gasteiger partial charge in [0.15, 0.2) is 0 Å². The van der Waals surface area contributed by atoms with Crippen molar-refractivity contribution in [2.45, 2.75) is 25.7 Å². The highest BCUT2D eigenvalue weighted by atomic mass is 19.1. The van der Waals surface area contributed by atoms with E-state index in [1.54, 1.807) is 12.1 Å². The number of amides is 2. The molecule has 0 heterocycles. The van der Waals surface area contributed by atoms with Crippen molar-refractivity contribution < 1.29 is 28.3 Å². The van der Waals surface area contributed by atoms with Crippen LogP contribution in [0.25, 0.3) is 0 Å². The van der Waals surface area contributed by atoms with Crippen LogP contribution in [-0.4, -0.2) is 22.9 Å². The SMILES string of the molecule is O=C(Nc1ccc(F)cc1F)c1ccccc1NC(=O)C1CCCCC1C(=O)O. The number of carboxylic acids is 1. The monoisotopic (exact) mass is 402 g/mol. The first-order valence-electron chi connectivity index (χ1n) is 9.26. The number of halogens is 2. The van der Waals surface area contributed by atoms with Crippen molar-refractivity contribution in [2.75, 3.05) is 10.6 Å². The summed E-state index contributed by atoms with van der Waals surface area (Å²) in [6.45, 7) is 0. The maximum absolute atomic E-state index is 13.8. The molecule has 6 nitrogen and oxygen atoms in total. The molecule has 0 bridgehead atoms. The third kappa shape index (κ3) is 4.77. The predicted molar refractivity (Wildman–Crippen MR) is 102 cm³/mol. The molecule has 29 heavy (non-hydrogen) atoms. The van der Waals surface area contributed by atoms with Gasteiger partial charge in [-0.15, -0.1) is 0 Å². The summed E-state index contributed by atoms with van der Waals surface area (Å²) in [4.78, 5) is 36.7. The van der Waals surface area contributed by atoms with Crippen molar-refractivity contribution in [2.24, 2.45) is 11.8 Å². The number of hydrogen-bond acceptors (Lipinski definition) is 3. The fourth-order valence-electron chi connectivity index (χ4n) is 3.54. The van der Waals surface area contributed by atoms with Crippen molar-refractivity contribution in [3.63, 3.8) is 0 Å². The highest BCUT2D eigenvalue weighted by Gasteiger charge is 2.36. The Morgan fingerprint density at radius 1 is 0.897 bits per heavy atom. The molecule has 1 aliphatic carbocycles. The first-order chi connectivity index (χ1) is 13.9. The van der Waals surface area contributed by atoms with E-state index in [9.17, 15) is 28.3 Å². The number of nitrogens with one attached hydrogen (secondary N) is 2. The number of benzene rings is 2. The van der Waals surface area contributed by atoms with Crippen LogP contribution in [0.3, 0.4) is 0 Å². The van der Waals surface area contributed by atoms with Crippen molar-refractivity contribution in [1.82, 2.24) is 0 Å². The number of anilines is 2. The van der Waals surface area contributed by atoms with Gasteiger partial charge in [0.05, 0.1) is 28.8 Å². The first kappa shape index (κ1) is 20.4. The van der Waals surface area contributed by atoms with Gasteiger partial charge in [-0.1, -0.05) is 25.0 Å². The van der Waals surface area contributed by atoms with Gasteiger partial charge in [-0.2, -0.15) is 0 Å². The van der Waals surface area contributed by atoms with Gasteiger partial charge in [-0.3, -0.25) is 14.4 Å². The van der Waals surface area contributed by atoms with Gasteiger partial charge >= 0.3 is 5.97 Å². The van der Waals surface area contributed by atoms with Crippen LogP contribution in [0.1, 0.15) is 36.0 Å². The smallest absolute Gasteiger partial charge is 0.307 e. The lowest BCUT2D eigenvalue weighted by Crippen LogP contribution is -2.36. The van der Waals surface area contributed by atoms with Gasteiger partial charge in [0.2, 0.25) is 5.91 Å². The largest absolute Gasteiger partial charge is 0.481 e. The van der Waals surface area contributed by atoms with E-state index < -0.39 is 41.3 Å². The standard InChI is InChI=1S/C21H20F2N2O4/c22-12-9-10-18(16(23)11-12)25-20(27)15-7-3-4-8-17(15)24-19(26)13-5-1-2-6-14(13)21(28)29/h3-4,7-11,13-14H,1-2,5-6H2,(H,24,26)(H,25,27)(H,28,29). The summed E-state index contributed by atoms with van der Waals surface area (Å²) in [7, 11) is 0. The first-order valence-corrected chi connectivity index (χ1v) is 9.26. The number of rotatable bonds is 5. The van der Waals surface area contributed by atoms with Crippen LogP contribution in [0.4, 0.5) is 20.2 Å². The molecule has 2 atom stereocenters. The van der Waals surface area contributed by atoms with E-state index in [0.717, 1.165) is 25.0 Å². The van der Waals surface area contributed by atoms with Crippen LogP contribution in [0.2, 0.25) is 0 Å². The Morgan fingerprint density at radius 2 is 1.59 bits per heavy atom. The highest BCUT2D eigenvalue weighted by Crippen LogP contribution is 2.31. The average molecular weight is 402 g/mol. The number of hydrogen-bond donors (Lipinski definition) is 3. The van der Waals surface area contributed by atoms with E-state index in [1.165, 1.54) is 12.1 Å². The van der Waals surface area contributed by atoms with Crippen molar-refractivity contribution in [3.8, 4) is 0 Å². The number of carbonyl (C=O) groups is 3. The van der Waals surface area contributed by atoms with E-state index in [-0.39, 0.29) is 16.9 Å². The quantitative estimate of drug-likeness (QED) is 0.703. The zero-order chi connectivity index (χ0) is 21.0. The normalized spacial score (nSPS) is 18.7. The minimum atomic E-state index is -1.01. The van der Waals surface area contributed by atoms with Gasteiger partial charge < -0.3 is 15.7 Å². The average Bonchev–Trinajstić information content (AvgIpc) is 2.70. The molecule has 3 N–H and O–H groups in total. The van der Waals surface area contributed by atoms with Crippen LogP contribution in [-0.2, 0) is 9.59 Å². The molecule has 0 aliphatic heterocycles. The molecule has 2 aromatic rings. The molecule has 1 saturated carbocycles. The number of carbonyl (C=O) groups excluding carboxylic acids is 2. The molecule has 3 rings (SSSR count). The second-order valence-electron chi connectivity index (χ2n) is 6.95. The summed E-state index contributed by atoms with van der Waals surface area (Å²) in [5.41, 5.74) is 0.0650. The van der Waals surface area contributed by atoms with Crippen LogP contribution in [0.15, 0.2) is 42.5 Å².